The van der Waals surface area contributed by atoms with E-state index in [2.05, 4.69) is 5.32 Å². The number of rotatable bonds is 8. The van der Waals surface area contributed by atoms with Gasteiger partial charge in [0.1, 0.15) is 24.2 Å². The molecule has 9 heteroatoms. The van der Waals surface area contributed by atoms with E-state index in [1.165, 1.54) is 26.2 Å². The van der Waals surface area contributed by atoms with E-state index < -0.39 is 23.8 Å². The highest BCUT2D eigenvalue weighted by Gasteiger charge is 2.31. The Labute approximate surface area is 165 Å². The number of alkyl halides is 3. The zero-order chi connectivity index (χ0) is 21.4. The second-order valence-corrected chi connectivity index (χ2v) is 5.91. The van der Waals surface area contributed by atoms with Crippen LogP contribution < -0.4 is 14.8 Å². The maximum atomic E-state index is 13.0. The van der Waals surface area contributed by atoms with Crippen molar-refractivity contribution in [2.45, 2.75) is 19.2 Å². The number of nitrogens with one attached hydrogen (secondary N) is 1. The fraction of sp³-hybridized carbons (Fsp3) is 0.300. The summed E-state index contributed by atoms with van der Waals surface area (Å²) in [6, 6.07) is 11.0. The van der Waals surface area contributed by atoms with Gasteiger partial charge in [-0.05, 0) is 37.3 Å². The van der Waals surface area contributed by atoms with Gasteiger partial charge in [-0.2, -0.15) is 18.4 Å². The van der Waals surface area contributed by atoms with E-state index in [0.29, 0.717) is 0 Å². The zero-order valence-corrected chi connectivity index (χ0v) is 15.7. The van der Waals surface area contributed by atoms with E-state index in [0.717, 1.165) is 18.2 Å². The molecule has 1 amide bonds. The first-order chi connectivity index (χ1) is 13.8. The second-order valence-electron chi connectivity index (χ2n) is 5.91. The Morgan fingerprint density at radius 2 is 1.90 bits per heavy atom. The number of hydrogen-bond acceptors (Lipinski definition) is 5. The van der Waals surface area contributed by atoms with Crippen molar-refractivity contribution in [3.05, 3.63) is 53.6 Å². The van der Waals surface area contributed by atoms with E-state index in [9.17, 15) is 18.0 Å². The summed E-state index contributed by atoms with van der Waals surface area (Å²) in [5.41, 5.74) is -0.852. The summed E-state index contributed by atoms with van der Waals surface area (Å²) in [6.07, 6.45) is -5.66. The van der Waals surface area contributed by atoms with Crippen molar-refractivity contribution >= 4 is 11.6 Å². The molecule has 0 heterocycles. The average molecular weight is 408 g/mol. The molecule has 0 radical (unpaired) electrons. The third-order valence-corrected chi connectivity index (χ3v) is 3.79. The predicted molar refractivity (Wildman–Crippen MR) is 98.7 cm³/mol. The Morgan fingerprint density at radius 3 is 2.55 bits per heavy atom. The van der Waals surface area contributed by atoms with Crippen LogP contribution in [0.5, 0.6) is 11.5 Å². The maximum absolute atomic E-state index is 13.0. The van der Waals surface area contributed by atoms with Crippen molar-refractivity contribution in [3.63, 3.8) is 0 Å². The number of amides is 1. The number of para-hydroxylation sites is 1. The summed E-state index contributed by atoms with van der Waals surface area (Å²) in [6.45, 7) is 1.73. The van der Waals surface area contributed by atoms with Gasteiger partial charge in [-0.25, -0.2) is 0 Å². The summed E-state index contributed by atoms with van der Waals surface area (Å²) in [7, 11) is 1.46. The summed E-state index contributed by atoms with van der Waals surface area (Å²) in [4.78, 5) is 12.5. The molecule has 0 saturated carbocycles. The molecule has 0 saturated heterocycles. The molecule has 1 N–H and O–H groups in total. The van der Waals surface area contributed by atoms with Crippen LogP contribution in [0, 0.1) is 11.3 Å². The summed E-state index contributed by atoms with van der Waals surface area (Å²) in [5.74, 6) is -0.444. The van der Waals surface area contributed by atoms with Gasteiger partial charge in [0.25, 0.3) is 5.91 Å². The molecule has 2 aromatic rings. The number of anilines is 1. The number of nitrogens with zero attached hydrogens (tertiary/aromatic N) is 1. The van der Waals surface area contributed by atoms with Crippen LogP contribution in [0.2, 0.25) is 0 Å². The van der Waals surface area contributed by atoms with Crippen LogP contribution in [0.4, 0.5) is 18.9 Å². The Morgan fingerprint density at radius 1 is 1.17 bits per heavy atom. The van der Waals surface area contributed by atoms with E-state index >= 15 is 0 Å². The molecule has 0 bridgehead atoms. The minimum absolute atomic E-state index is 0.0630. The van der Waals surface area contributed by atoms with Crippen LogP contribution in [0.1, 0.15) is 18.1 Å². The number of nitriles is 1. The molecule has 6 nitrogen and oxygen atoms in total. The molecule has 0 fully saturated rings. The lowest BCUT2D eigenvalue weighted by Crippen LogP contribution is -2.30. The van der Waals surface area contributed by atoms with Crippen LogP contribution in [-0.4, -0.2) is 32.3 Å². The van der Waals surface area contributed by atoms with Crippen molar-refractivity contribution in [1.82, 2.24) is 0 Å². The fourth-order valence-corrected chi connectivity index (χ4v) is 2.30. The number of ether oxygens (including phenoxy) is 3. The van der Waals surface area contributed by atoms with Crippen molar-refractivity contribution in [2.75, 3.05) is 25.6 Å². The van der Waals surface area contributed by atoms with Gasteiger partial charge in [-0.3, -0.25) is 4.79 Å². The Kier molecular flexibility index (Phi) is 7.45. The van der Waals surface area contributed by atoms with Crippen LogP contribution in [0.3, 0.4) is 0 Å². The van der Waals surface area contributed by atoms with Crippen molar-refractivity contribution < 1.29 is 32.2 Å². The molecule has 0 aliphatic heterocycles. The summed E-state index contributed by atoms with van der Waals surface area (Å²) >= 11 is 0. The zero-order valence-electron chi connectivity index (χ0n) is 15.7. The first-order valence-electron chi connectivity index (χ1n) is 8.56. The SMILES string of the molecule is COCCOc1ccc(C(F)(F)F)cc1NC(=O)C(C)Oc1ccccc1C#N. The number of methoxy groups -OCH3 is 1. The lowest BCUT2D eigenvalue weighted by molar-refractivity contribution is -0.137. The third-order valence-electron chi connectivity index (χ3n) is 3.79. The van der Waals surface area contributed by atoms with Gasteiger partial charge in [0, 0.05) is 7.11 Å². The monoisotopic (exact) mass is 408 g/mol. The summed E-state index contributed by atoms with van der Waals surface area (Å²) in [5, 5.41) is 11.5. The molecule has 2 aromatic carbocycles. The number of hydrogen-bond donors (Lipinski definition) is 1. The van der Waals surface area contributed by atoms with Crippen molar-refractivity contribution in [3.8, 4) is 17.6 Å². The normalized spacial score (nSPS) is 12.0. The number of benzene rings is 2. The van der Waals surface area contributed by atoms with Crippen molar-refractivity contribution in [2.24, 2.45) is 0 Å². The van der Waals surface area contributed by atoms with Crippen LogP contribution in [0.15, 0.2) is 42.5 Å². The highest BCUT2D eigenvalue weighted by atomic mass is 19.4. The molecule has 1 unspecified atom stereocenters. The van der Waals surface area contributed by atoms with E-state index in [-0.39, 0.29) is 36.0 Å². The van der Waals surface area contributed by atoms with E-state index in [4.69, 9.17) is 19.5 Å². The number of carbonyl (C=O) groups is 1. The standard InChI is InChI=1S/C20H19F3N2O4/c1-13(29-17-6-4-3-5-14(17)12-24)19(26)25-16-11-15(20(21,22)23)7-8-18(16)28-10-9-27-2/h3-8,11,13H,9-10H2,1-2H3,(H,25,26). The predicted octanol–water partition coefficient (Wildman–Crippen LogP) is 4.01. The van der Waals surface area contributed by atoms with Gasteiger partial charge in [0.15, 0.2) is 6.10 Å². The maximum Gasteiger partial charge on any atom is 0.416 e. The Bertz CT molecular complexity index is 894. The molecule has 2 rings (SSSR count). The smallest absolute Gasteiger partial charge is 0.416 e. The topological polar surface area (TPSA) is 80.6 Å². The van der Waals surface area contributed by atoms with Gasteiger partial charge in [-0.15, -0.1) is 0 Å². The molecule has 29 heavy (non-hydrogen) atoms. The number of halogens is 3. The highest BCUT2D eigenvalue weighted by Crippen LogP contribution is 2.35. The molecular weight excluding hydrogens is 389 g/mol. The van der Waals surface area contributed by atoms with Crippen LogP contribution in [-0.2, 0) is 15.7 Å². The molecule has 1 atom stereocenters. The fourth-order valence-electron chi connectivity index (χ4n) is 2.30. The quantitative estimate of drug-likeness (QED) is 0.668. The van der Waals surface area contributed by atoms with Gasteiger partial charge in [0.2, 0.25) is 0 Å². The first kappa shape index (κ1) is 22.0. The molecule has 0 aliphatic carbocycles. The molecular formula is C20H19F3N2O4. The van der Waals surface area contributed by atoms with E-state index in [1.807, 2.05) is 6.07 Å². The van der Waals surface area contributed by atoms with Crippen LogP contribution in [0.25, 0.3) is 0 Å². The van der Waals surface area contributed by atoms with Crippen molar-refractivity contribution in [1.29, 1.82) is 5.26 Å². The van der Waals surface area contributed by atoms with E-state index in [1.54, 1.807) is 12.1 Å². The summed E-state index contributed by atoms with van der Waals surface area (Å²) < 4.78 is 54.9. The first-order valence-corrected chi connectivity index (χ1v) is 8.56. The molecule has 0 spiro atoms. The third kappa shape index (κ3) is 6.12. The second kappa shape index (κ2) is 9.80. The molecule has 0 aliphatic rings. The lowest BCUT2D eigenvalue weighted by Gasteiger charge is -2.18. The van der Waals surface area contributed by atoms with Gasteiger partial charge in [-0.1, -0.05) is 12.1 Å². The molecule has 154 valence electrons. The molecule has 0 aromatic heterocycles. The largest absolute Gasteiger partial charge is 0.489 e. The lowest BCUT2D eigenvalue weighted by atomic mass is 10.1. The Hall–Kier alpha value is -3.25. The highest BCUT2D eigenvalue weighted by molar-refractivity contribution is 5.95. The van der Waals surface area contributed by atoms with Crippen LogP contribution >= 0.6 is 0 Å². The van der Waals surface area contributed by atoms with Gasteiger partial charge in [0.05, 0.1) is 23.4 Å². The average Bonchev–Trinajstić information content (AvgIpc) is 2.68. The van der Waals surface area contributed by atoms with Gasteiger partial charge >= 0.3 is 6.18 Å². The van der Waals surface area contributed by atoms with Gasteiger partial charge < -0.3 is 19.5 Å². The Balaban J connectivity index is 2.20. The minimum atomic E-state index is -4.58. The minimum Gasteiger partial charge on any atom is -0.489 e. The number of carbonyl (C=O) groups excluding carboxylic acids is 1.